The molecule has 0 spiro atoms. The number of para-hydroxylation sites is 1. The molecule has 3 aliphatic rings. The third kappa shape index (κ3) is 7.83. The van der Waals surface area contributed by atoms with Gasteiger partial charge in [0.1, 0.15) is 6.61 Å². The molecule has 0 aliphatic carbocycles. The molecule has 2 fully saturated rings. The van der Waals surface area contributed by atoms with Crippen molar-refractivity contribution in [1.29, 1.82) is 0 Å². The van der Waals surface area contributed by atoms with Gasteiger partial charge in [-0.3, -0.25) is 19.0 Å². The minimum absolute atomic E-state index is 0.0471. The molecule has 2 aromatic carbocycles. The Hall–Kier alpha value is -2.77. The van der Waals surface area contributed by atoms with E-state index in [0.29, 0.717) is 51.1 Å². The Kier molecular flexibility index (Phi) is 11.3. The number of aryl methyl sites for hydroxylation is 1. The van der Waals surface area contributed by atoms with Gasteiger partial charge in [-0.05, 0) is 68.6 Å². The number of likely N-dealkylation sites (N-methyl/N-ethyl adjacent to an activating group) is 1. The molecule has 6 rings (SSSR count). The largest absolute Gasteiger partial charge is 0.369 e. The molecule has 1 aromatic heterocycles. The Morgan fingerprint density at radius 2 is 1.75 bits per heavy atom. The van der Waals surface area contributed by atoms with Gasteiger partial charge in [0.15, 0.2) is 0 Å². The van der Waals surface area contributed by atoms with E-state index >= 15 is 0 Å². The summed E-state index contributed by atoms with van der Waals surface area (Å²) in [5, 5.41) is 0.441. The zero-order valence-corrected chi connectivity index (χ0v) is 29.6. The van der Waals surface area contributed by atoms with E-state index in [9.17, 15) is 13.2 Å². The lowest BCUT2D eigenvalue weighted by Gasteiger charge is -2.42. The Morgan fingerprint density at radius 1 is 0.979 bits per heavy atom. The predicted octanol–water partition coefficient (Wildman–Crippen LogP) is 4.70. The second-order valence-corrected chi connectivity index (χ2v) is 15.5. The van der Waals surface area contributed by atoms with Crippen molar-refractivity contribution in [3.05, 3.63) is 88.2 Å². The normalized spacial score (nSPS) is 20.4. The molecular weight excluding hydrogens is 673 g/mol. The summed E-state index contributed by atoms with van der Waals surface area (Å²) in [4.78, 5) is 24.4. The molecule has 2 saturated heterocycles. The number of fused-ring (bicyclic) bond motifs is 1. The van der Waals surface area contributed by atoms with Crippen molar-refractivity contribution in [2.45, 2.75) is 42.2 Å². The maximum Gasteiger partial charge on any atom is 0.264 e. The molecule has 0 N–H and O–H groups in total. The first-order chi connectivity index (χ1) is 23.2. The predicted molar refractivity (Wildman–Crippen MR) is 187 cm³/mol. The number of nitrogens with zero attached hydrogens (tertiary/aromatic N) is 5. The molecule has 0 bridgehead atoms. The summed E-state index contributed by atoms with van der Waals surface area (Å²) < 4.78 is 42.1. The summed E-state index contributed by atoms with van der Waals surface area (Å²) in [5.74, 6) is -0.123. The van der Waals surface area contributed by atoms with E-state index in [2.05, 4.69) is 27.9 Å². The van der Waals surface area contributed by atoms with Gasteiger partial charge in [0.25, 0.3) is 10.0 Å². The van der Waals surface area contributed by atoms with Crippen molar-refractivity contribution in [2.24, 2.45) is 0 Å². The standard InChI is InChI=1S/C35H43Cl2N5O5S/c1-39-17-19-40(20-18-39)21-22-47-35(28-6-4-14-38-24-28)12-15-41(16-13-35)34(43)26-46-25-29-9-8-27-5-2-3-7-33(27)42(29)48(44,45)30-10-11-31(36)32(37)23-30/h2-7,10-11,14,23-24,29H,8-9,12-13,15-22,25-26H2,1H3. The highest BCUT2D eigenvalue weighted by atomic mass is 35.5. The minimum Gasteiger partial charge on any atom is -0.369 e. The van der Waals surface area contributed by atoms with E-state index in [4.69, 9.17) is 32.7 Å². The van der Waals surface area contributed by atoms with Crippen molar-refractivity contribution < 1.29 is 22.7 Å². The highest BCUT2D eigenvalue weighted by Gasteiger charge is 2.40. The maximum atomic E-state index is 14.0. The highest BCUT2D eigenvalue weighted by Crippen LogP contribution is 2.38. The first-order valence-corrected chi connectivity index (χ1v) is 18.7. The van der Waals surface area contributed by atoms with Crippen LogP contribution >= 0.6 is 23.2 Å². The number of sulfonamides is 1. The molecule has 10 nitrogen and oxygen atoms in total. The second-order valence-electron chi connectivity index (χ2n) is 12.8. The Bertz CT molecular complexity index is 1660. The number of benzene rings is 2. The molecule has 258 valence electrons. The number of rotatable bonds is 11. The molecule has 1 unspecified atom stereocenters. The van der Waals surface area contributed by atoms with Gasteiger partial charge in [-0.1, -0.05) is 47.5 Å². The quantitative estimate of drug-likeness (QED) is 0.282. The fourth-order valence-corrected chi connectivity index (χ4v) is 8.97. The van der Waals surface area contributed by atoms with Crippen LogP contribution in [0.25, 0.3) is 0 Å². The number of pyridine rings is 1. The van der Waals surface area contributed by atoms with Crippen LogP contribution in [0.2, 0.25) is 10.0 Å². The molecule has 3 aliphatic heterocycles. The maximum absolute atomic E-state index is 14.0. The second kappa shape index (κ2) is 15.4. The molecule has 3 aromatic rings. The molecule has 0 saturated carbocycles. The Morgan fingerprint density at radius 3 is 2.48 bits per heavy atom. The average Bonchev–Trinajstić information content (AvgIpc) is 3.10. The van der Waals surface area contributed by atoms with Gasteiger partial charge >= 0.3 is 0 Å². The van der Waals surface area contributed by atoms with Crippen LogP contribution in [0.1, 0.15) is 30.4 Å². The smallest absolute Gasteiger partial charge is 0.264 e. The summed E-state index contributed by atoms with van der Waals surface area (Å²) in [6.07, 6.45) is 6.19. The number of ether oxygens (including phenoxy) is 2. The van der Waals surface area contributed by atoms with Crippen LogP contribution in [0.5, 0.6) is 0 Å². The summed E-state index contributed by atoms with van der Waals surface area (Å²) in [6, 6.07) is 15.3. The number of halogens is 2. The number of aromatic nitrogens is 1. The summed E-state index contributed by atoms with van der Waals surface area (Å²) in [7, 11) is -1.85. The fourth-order valence-electron chi connectivity index (χ4n) is 6.88. The van der Waals surface area contributed by atoms with Crippen LogP contribution in [0, 0.1) is 0 Å². The number of anilines is 1. The average molecular weight is 717 g/mol. The number of piperazine rings is 1. The number of hydrogen-bond donors (Lipinski definition) is 0. The van der Waals surface area contributed by atoms with Gasteiger partial charge in [-0.25, -0.2) is 8.42 Å². The highest BCUT2D eigenvalue weighted by molar-refractivity contribution is 7.92. The zero-order valence-electron chi connectivity index (χ0n) is 27.3. The fraction of sp³-hybridized carbons (Fsp3) is 0.486. The number of hydrogen-bond acceptors (Lipinski definition) is 8. The van der Waals surface area contributed by atoms with E-state index in [1.807, 2.05) is 35.4 Å². The molecular formula is C35H43Cl2N5O5S. The van der Waals surface area contributed by atoms with Gasteiger partial charge in [-0.15, -0.1) is 0 Å². The van der Waals surface area contributed by atoms with Crippen molar-refractivity contribution in [2.75, 3.05) is 77.0 Å². The van der Waals surface area contributed by atoms with Crippen molar-refractivity contribution in [3.63, 3.8) is 0 Å². The Balaban J connectivity index is 1.07. The van der Waals surface area contributed by atoms with E-state index < -0.39 is 21.7 Å². The van der Waals surface area contributed by atoms with Gasteiger partial charge in [0.05, 0.1) is 45.5 Å². The van der Waals surface area contributed by atoms with Crippen LogP contribution in [0.15, 0.2) is 71.9 Å². The summed E-state index contributed by atoms with van der Waals surface area (Å²) in [6.45, 7) is 6.67. The molecule has 1 atom stereocenters. The molecule has 4 heterocycles. The van der Waals surface area contributed by atoms with Gasteiger partial charge in [-0.2, -0.15) is 0 Å². The number of carbonyl (C=O) groups is 1. The van der Waals surface area contributed by atoms with E-state index in [-0.39, 0.29) is 34.1 Å². The minimum atomic E-state index is -4.00. The van der Waals surface area contributed by atoms with Crippen LogP contribution in [-0.2, 0) is 36.3 Å². The molecule has 1 amide bonds. The van der Waals surface area contributed by atoms with E-state index in [1.165, 1.54) is 22.5 Å². The first-order valence-electron chi connectivity index (χ1n) is 16.5. The number of amides is 1. The van der Waals surface area contributed by atoms with Crippen LogP contribution in [0.3, 0.4) is 0 Å². The van der Waals surface area contributed by atoms with Crippen LogP contribution < -0.4 is 4.31 Å². The zero-order chi connectivity index (χ0) is 33.7. The molecule has 48 heavy (non-hydrogen) atoms. The number of carbonyl (C=O) groups excluding carboxylic acids is 1. The van der Waals surface area contributed by atoms with E-state index in [1.54, 1.807) is 12.3 Å². The lowest BCUT2D eigenvalue weighted by atomic mass is 9.85. The number of likely N-dealkylation sites (tertiary alicyclic amines) is 1. The third-order valence-corrected chi connectivity index (χ3v) is 12.4. The van der Waals surface area contributed by atoms with Gasteiger partial charge in [0.2, 0.25) is 5.91 Å². The number of piperidine rings is 1. The molecule has 13 heteroatoms. The van der Waals surface area contributed by atoms with Crippen molar-refractivity contribution in [1.82, 2.24) is 19.7 Å². The van der Waals surface area contributed by atoms with Crippen molar-refractivity contribution >= 4 is 44.8 Å². The SMILES string of the molecule is CN1CCN(CCOC2(c3cccnc3)CCN(C(=O)COCC3CCc4ccccc4N3S(=O)(=O)c3ccc(Cl)c(Cl)c3)CC2)CC1. The van der Waals surface area contributed by atoms with Crippen LogP contribution in [-0.4, -0.2) is 113 Å². The first kappa shape index (κ1) is 35.1. The lowest BCUT2D eigenvalue weighted by molar-refractivity contribution is -0.144. The van der Waals surface area contributed by atoms with Crippen molar-refractivity contribution in [3.8, 4) is 0 Å². The lowest BCUT2D eigenvalue weighted by Crippen LogP contribution is -2.49. The topological polar surface area (TPSA) is 95.5 Å². The third-order valence-electron chi connectivity index (χ3n) is 9.78. The van der Waals surface area contributed by atoms with Crippen LogP contribution in [0.4, 0.5) is 5.69 Å². The van der Waals surface area contributed by atoms with E-state index in [0.717, 1.165) is 43.9 Å². The summed E-state index contributed by atoms with van der Waals surface area (Å²) >= 11 is 12.3. The van der Waals surface area contributed by atoms with Gasteiger partial charge in [0, 0.05) is 63.8 Å². The molecule has 0 radical (unpaired) electrons. The monoisotopic (exact) mass is 715 g/mol. The van der Waals surface area contributed by atoms with Gasteiger partial charge < -0.3 is 19.3 Å². The summed E-state index contributed by atoms with van der Waals surface area (Å²) in [5.41, 5.74) is 2.07. The Labute approximate surface area is 293 Å².